The standard InChI is InChI=1S/C13H21N3O3/c1-13(2,3)15-7-11(18)8-4-9(16-12(14)19)6-10(17)5-8/h4-6,11,15,17-18H,7H2,1-3H3,(H3,14,16,19). The number of anilines is 1. The van der Waals surface area contributed by atoms with E-state index in [4.69, 9.17) is 5.73 Å². The molecule has 0 bridgehead atoms. The van der Waals surface area contributed by atoms with Crippen LogP contribution in [0.2, 0.25) is 0 Å². The van der Waals surface area contributed by atoms with Crippen molar-refractivity contribution in [1.82, 2.24) is 5.32 Å². The lowest BCUT2D eigenvalue weighted by Crippen LogP contribution is -2.38. The van der Waals surface area contributed by atoms with Crippen molar-refractivity contribution >= 4 is 11.7 Å². The predicted molar refractivity (Wildman–Crippen MR) is 74.0 cm³/mol. The van der Waals surface area contributed by atoms with Gasteiger partial charge in [-0.15, -0.1) is 0 Å². The number of aliphatic hydroxyl groups excluding tert-OH is 1. The van der Waals surface area contributed by atoms with E-state index in [1.54, 1.807) is 6.07 Å². The minimum absolute atomic E-state index is 0.0453. The van der Waals surface area contributed by atoms with Gasteiger partial charge in [-0.3, -0.25) is 0 Å². The van der Waals surface area contributed by atoms with Crippen molar-refractivity contribution in [3.05, 3.63) is 23.8 Å². The average Bonchev–Trinajstić information content (AvgIpc) is 2.23. The summed E-state index contributed by atoms with van der Waals surface area (Å²) >= 11 is 0. The number of amides is 2. The van der Waals surface area contributed by atoms with E-state index in [0.29, 0.717) is 17.8 Å². The Morgan fingerprint density at radius 1 is 1.37 bits per heavy atom. The van der Waals surface area contributed by atoms with Gasteiger partial charge in [-0.25, -0.2) is 4.79 Å². The van der Waals surface area contributed by atoms with E-state index in [0.717, 1.165) is 0 Å². The molecule has 0 aliphatic heterocycles. The van der Waals surface area contributed by atoms with Crippen LogP contribution >= 0.6 is 0 Å². The summed E-state index contributed by atoms with van der Waals surface area (Å²) in [7, 11) is 0. The first-order chi connectivity index (χ1) is 8.67. The normalized spacial score (nSPS) is 13.1. The number of carbonyl (C=O) groups is 1. The molecule has 1 aromatic rings. The number of hydrogen-bond donors (Lipinski definition) is 5. The molecule has 106 valence electrons. The molecule has 0 saturated carbocycles. The third kappa shape index (κ3) is 5.58. The highest BCUT2D eigenvalue weighted by atomic mass is 16.3. The number of nitrogens with one attached hydrogen (secondary N) is 2. The van der Waals surface area contributed by atoms with Gasteiger partial charge in [0.25, 0.3) is 0 Å². The van der Waals surface area contributed by atoms with E-state index in [-0.39, 0.29) is 11.3 Å². The number of aromatic hydroxyl groups is 1. The Morgan fingerprint density at radius 3 is 2.53 bits per heavy atom. The molecule has 1 unspecified atom stereocenters. The van der Waals surface area contributed by atoms with Crippen LogP contribution in [-0.2, 0) is 0 Å². The summed E-state index contributed by atoms with van der Waals surface area (Å²) < 4.78 is 0. The summed E-state index contributed by atoms with van der Waals surface area (Å²) in [5.41, 5.74) is 5.74. The molecule has 6 heteroatoms. The fourth-order valence-electron chi connectivity index (χ4n) is 1.56. The summed E-state index contributed by atoms with van der Waals surface area (Å²) in [4.78, 5) is 10.8. The summed E-state index contributed by atoms with van der Waals surface area (Å²) in [6, 6.07) is 3.65. The van der Waals surface area contributed by atoms with Crippen molar-refractivity contribution in [2.24, 2.45) is 5.73 Å². The second kappa shape index (κ2) is 5.90. The van der Waals surface area contributed by atoms with Gasteiger partial charge in [-0.1, -0.05) is 0 Å². The molecule has 0 spiro atoms. The molecule has 0 saturated heterocycles. The number of carbonyl (C=O) groups excluding carboxylic acids is 1. The number of rotatable bonds is 4. The molecule has 6 N–H and O–H groups in total. The lowest BCUT2D eigenvalue weighted by atomic mass is 10.1. The lowest BCUT2D eigenvalue weighted by Gasteiger charge is -2.23. The van der Waals surface area contributed by atoms with E-state index >= 15 is 0 Å². The van der Waals surface area contributed by atoms with Crippen molar-refractivity contribution < 1.29 is 15.0 Å². The summed E-state index contributed by atoms with van der Waals surface area (Å²) in [5, 5.41) is 25.1. The van der Waals surface area contributed by atoms with Gasteiger partial charge in [0.05, 0.1) is 6.10 Å². The van der Waals surface area contributed by atoms with Crippen LogP contribution in [0.1, 0.15) is 32.4 Å². The maximum atomic E-state index is 10.8. The second-order valence-electron chi connectivity index (χ2n) is 5.45. The van der Waals surface area contributed by atoms with Gasteiger partial charge < -0.3 is 26.6 Å². The number of urea groups is 1. The molecule has 1 aromatic carbocycles. The van der Waals surface area contributed by atoms with Crippen LogP contribution < -0.4 is 16.4 Å². The zero-order chi connectivity index (χ0) is 14.6. The van der Waals surface area contributed by atoms with Crippen molar-refractivity contribution in [3.8, 4) is 5.75 Å². The van der Waals surface area contributed by atoms with Gasteiger partial charge in [-0.2, -0.15) is 0 Å². The largest absolute Gasteiger partial charge is 0.508 e. The smallest absolute Gasteiger partial charge is 0.316 e. The Balaban J connectivity index is 2.81. The highest BCUT2D eigenvalue weighted by molar-refractivity contribution is 5.88. The Hall–Kier alpha value is -1.79. The molecule has 2 amide bonds. The number of hydrogen-bond acceptors (Lipinski definition) is 4. The van der Waals surface area contributed by atoms with E-state index in [1.807, 2.05) is 20.8 Å². The Morgan fingerprint density at radius 2 is 2.00 bits per heavy atom. The molecule has 0 aliphatic rings. The molecule has 6 nitrogen and oxygen atoms in total. The van der Waals surface area contributed by atoms with E-state index in [2.05, 4.69) is 10.6 Å². The molecule has 1 atom stereocenters. The monoisotopic (exact) mass is 267 g/mol. The molecule has 0 heterocycles. The van der Waals surface area contributed by atoms with Crippen LogP contribution in [0.5, 0.6) is 5.75 Å². The number of nitrogens with two attached hydrogens (primary N) is 1. The molecule has 0 fully saturated rings. The molecular formula is C13H21N3O3. The molecule has 1 rings (SSSR count). The molecule has 0 radical (unpaired) electrons. The van der Waals surface area contributed by atoms with Gasteiger partial charge >= 0.3 is 6.03 Å². The molecule has 0 aliphatic carbocycles. The van der Waals surface area contributed by atoms with Crippen molar-refractivity contribution in [2.45, 2.75) is 32.4 Å². The highest BCUT2D eigenvalue weighted by Crippen LogP contribution is 2.24. The third-order valence-electron chi connectivity index (χ3n) is 2.42. The number of phenolic OH excluding ortho intramolecular Hbond substituents is 1. The van der Waals surface area contributed by atoms with Crippen molar-refractivity contribution in [3.63, 3.8) is 0 Å². The van der Waals surface area contributed by atoms with Crippen LogP contribution in [0, 0.1) is 0 Å². The Kier molecular flexibility index (Phi) is 4.74. The zero-order valence-corrected chi connectivity index (χ0v) is 11.4. The first kappa shape index (κ1) is 15.3. The highest BCUT2D eigenvalue weighted by Gasteiger charge is 2.15. The molecular weight excluding hydrogens is 246 g/mol. The molecule has 19 heavy (non-hydrogen) atoms. The average molecular weight is 267 g/mol. The Bertz CT molecular complexity index is 455. The maximum Gasteiger partial charge on any atom is 0.316 e. The van der Waals surface area contributed by atoms with Gasteiger partial charge in [-0.05, 0) is 38.5 Å². The fourth-order valence-corrected chi connectivity index (χ4v) is 1.56. The van der Waals surface area contributed by atoms with Gasteiger partial charge in [0.2, 0.25) is 0 Å². The van der Waals surface area contributed by atoms with Crippen molar-refractivity contribution in [2.75, 3.05) is 11.9 Å². The van der Waals surface area contributed by atoms with Crippen LogP contribution in [0.4, 0.5) is 10.5 Å². The topological polar surface area (TPSA) is 108 Å². The SMILES string of the molecule is CC(C)(C)NCC(O)c1cc(O)cc(NC(N)=O)c1. The van der Waals surface area contributed by atoms with Gasteiger partial charge in [0.15, 0.2) is 0 Å². The van der Waals surface area contributed by atoms with Gasteiger partial charge in [0.1, 0.15) is 5.75 Å². The maximum absolute atomic E-state index is 10.8. The lowest BCUT2D eigenvalue weighted by molar-refractivity contribution is 0.163. The van der Waals surface area contributed by atoms with Gasteiger partial charge in [0, 0.05) is 23.8 Å². The summed E-state index contributed by atoms with van der Waals surface area (Å²) in [5.74, 6) is -0.0453. The van der Waals surface area contributed by atoms with Crippen LogP contribution in [0.15, 0.2) is 18.2 Å². The third-order valence-corrected chi connectivity index (χ3v) is 2.42. The van der Waals surface area contributed by atoms with Crippen LogP contribution in [0.3, 0.4) is 0 Å². The zero-order valence-electron chi connectivity index (χ0n) is 11.4. The minimum Gasteiger partial charge on any atom is -0.508 e. The number of β-amino-alcohol motifs (C(OH)–C–C–N with tert-alkyl or cyclic N) is 1. The number of benzene rings is 1. The van der Waals surface area contributed by atoms with Crippen LogP contribution in [0.25, 0.3) is 0 Å². The van der Waals surface area contributed by atoms with E-state index in [9.17, 15) is 15.0 Å². The Labute approximate surface area is 112 Å². The van der Waals surface area contributed by atoms with Crippen LogP contribution in [-0.4, -0.2) is 28.3 Å². The number of aliphatic hydroxyl groups is 1. The van der Waals surface area contributed by atoms with E-state index < -0.39 is 12.1 Å². The first-order valence-electron chi connectivity index (χ1n) is 6.01. The number of phenols is 1. The summed E-state index contributed by atoms with van der Waals surface area (Å²) in [6.07, 6.45) is -0.792. The van der Waals surface area contributed by atoms with E-state index in [1.165, 1.54) is 12.1 Å². The van der Waals surface area contributed by atoms with Crippen molar-refractivity contribution in [1.29, 1.82) is 0 Å². The number of primary amides is 1. The predicted octanol–water partition coefficient (Wildman–Crippen LogP) is 1.30. The second-order valence-corrected chi connectivity index (χ2v) is 5.45. The minimum atomic E-state index is -0.792. The fraction of sp³-hybridized carbons (Fsp3) is 0.462. The molecule has 0 aromatic heterocycles. The quantitative estimate of drug-likeness (QED) is 0.566. The first-order valence-corrected chi connectivity index (χ1v) is 6.01. The summed E-state index contributed by atoms with van der Waals surface area (Å²) in [6.45, 7) is 6.30.